The van der Waals surface area contributed by atoms with Crippen molar-refractivity contribution in [2.45, 2.75) is 19.4 Å². The van der Waals surface area contributed by atoms with Crippen molar-refractivity contribution in [1.82, 2.24) is 0 Å². The number of halogens is 1. The molecule has 0 spiro atoms. The number of ether oxygens (including phenoxy) is 1. The number of anilines is 1. The van der Waals surface area contributed by atoms with Crippen LogP contribution >= 0.6 is 15.9 Å². The van der Waals surface area contributed by atoms with E-state index in [2.05, 4.69) is 27.3 Å². The van der Waals surface area contributed by atoms with Gasteiger partial charge in [0.1, 0.15) is 11.3 Å². The van der Waals surface area contributed by atoms with Gasteiger partial charge in [-0.3, -0.25) is 0 Å². The van der Waals surface area contributed by atoms with Gasteiger partial charge in [0.25, 0.3) is 0 Å². The zero-order valence-corrected chi connectivity index (χ0v) is 10.6. The molecule has 0 atom stereocenters. The molecule has 0 heterocycles. The Morgan fingerprint density at radius 2 is 2.13 bits per heavy atom. The molecule has 1 N–H and O–H groups in total. The van der Waals surface area contributed by atoms with E-state index in [1.165, 1.54) is 0 Å². The topological polar surface area (TPSA) is 45.0 Å². The summed E-state index contributed by atoms with van der Waals surface area (Å²) in [6, 6.07) is 7.80. The van der Waals surface area contributed by atoms with Crippen molar-refractivity contribution in [2.75, 3.05) is 12.4 Å². The largest absolute Gasteiger partial charge is 0.495 e. The highest BCUT2D eigenvalue weighted by Gasteiger charge is 2.17. The van der Waals surface area contributed by atoms with Gasteiger partial charge in [-0.2, -0.15) is 5.26 Å². The van der Waals surface area contributed by atoms with E-state index in [0.717, 1.165) is 15.9 Å². The molecule has 0 saturated carbocycles. The highest BCUT2D eigenvalue weighted by atomic mass is 79.9. The van der Waals surface area contributed by atoms with Crippen molar-refractivity contribution in [3.63, 3.8) is 0 Å². The minimum Gasteiger partial charge on any atom is -0.495 e. The predicted octanol–water partition coefficient (Wildman–Crippen LogP) is 3.17. The van der Waals surface area contributed by atoms with Crippen LogP contribution in [0, 0.1) is 11.3 Å². The van der Waals surface area contributed by atoms with Crippen LogP contribution < -0.4 is 10.1 Å². The van der Waals surface area contributed by atoms with Crippen molar-refractivity contribution in [2.24, 2.45) is 0 Å². The number of benzene rings is 1. The Bertz CT molecular complexity index is 396. The van der Waals surface area contributed by atoms with Gasteiger partial charge in [0.2, 0.25) is 0 Å². The molecule has 0 aliphatic heterocycles. The van der Waals surface area contributed by atoms with E-state index in [0.29, 0.717) is 0 Å². The van der Waals surface area contributed by atoms with Gasteiger partial charge < -0.3 is 10.1 Å². The van der Waals surface area contributed by atoms with Crippen LogP contribution in [0.15, 0.2) is 22.7 Å². The molecule has 0 saturated heterocycles. The molecular formula is C11H13BrN2O. The number of hydrogen-bond acceptors (Lipinski definition) is 3. The second-order valence-corrected chi connectivity index (χ2v) is 4.62. The fourth-order valence-electron chi connectivity index (χ4n) is 1.14. The van der Waals surface area contributed by atoms with Gasteiger partial charge in [-0.1, -0.05) is 15.9 Å². The van der Waals surface area contributed by atoms with Crippen molar-refractivity contribution >= 4 is 21.6 Å². The first kappa shape index (κ1) is 11.9. The first-order chi connectivity index (χ1) is 6.98. The van der Waals surface area contributed by atoms with Crippen LogP contribution in [-0.4, -0.2) is 12.6 Å². The number of hydrogen-bond donors (Lipinski definition) is 1. The summed E-state index contributed by atoms with van der Waals surface area (Å²) < 4.78 is 6.14. The molecule has 0 unspecified atom stereocenters. The molecule has 0 amide bonds. The normalized spacial score (nSPS) is 10.6. The quantitative estimate of drug-likeness (QED) is 0.916. The molecule has 0 fully saturated rings. The Morgan fingerprint density at radius 1 is 1.47 bits per heavy atom. The SMILES string of the molecule is COc1ccc(Br)cc1NC(C)(C)C#N. The Kier molecular flexibility index (Phi) is 3.59. The van der Waals surface area contributed by atoms with Gasteiger partial charge in [0, 0.05) is 4.47 Å². The molecule has 0 radical (unpaired) electrons. The summed E-state index contributed by atoms with van der Waals surface area (Å²) in [5, 5.41) is 12.0. The van der Waals surface area contributed by atoms with Crippen molar-refractivity contribution < 1.29 is 4.74 Å². The third-order valence-corrected chi connectivity index (χ3v) is 2.38. The molecular weight excluding hydrogens is 256 g/mol. The van der Waals surface area contributed by atoms with E-state index in [4.69, 9.17) is 10.00 Å². The first-order valence-electron chi connectivity index (χ1n) is 4.51. The molecule has 1 aromatic carbocycles. The summed E-state index contributed by atoms with van der Waals surface area (Å²) in [7, 11) is 1.60. The zero-order valence-electron chi connectivity index (χ0n) is 8.97. The Balaban J connectivity index is 3.03. The van der Waals surface area contributed by atoms with E-state index in [9.17, 15) is 0 Å². The second kappa shape index (κ2) is 4.54. The highest BCUT2D eigenvalue weighted by Crippen LogP contribution is 2.29. The van der Waals surface area contributed by atoms with E-state index in [1.54, 1.807) is 7.11 Å². The molecule has 1 aromatic rings. The maximum absolute atomic E-state index is 8.92. The van der Waals surface area contributed by atoms with Crippen LogP contribution in [0.1, 0.15) is 13.8 Å². The van der Waals surface area contributed by atoms with Crippen molar-refractivity contribution in [1.29, 1.82) is 5.26 Å². The fraction of sp³-hybridized carbons (Fsp3) is 0.364. The van der Waals surface area contributed by atoms with E-state index in [1.807, 2.05) is 32.0 Å². The van der Waals surface area contributed by atoms with Gasteiger partial charge in [0.15, 0.2) is 0 Å². The molecule has 80 valence electrons. The average molecular weight is 269 g/mol. The standard InChI is InChI=1S/C11H13BrN2O/c1-11(2,7-13)14-9-6-8(12)4-5-10(9)15-3/h4-6,14H,1-3H3. The lowest BCUT2D eigenvalue weighted by molar-refractivity contribution is 0.415. The number of nitriles is 1. The monoisotopic (exact) mass is 268 g/mol. The summed E-state index contributed by atoms with van der Waals surface area (Å²) in [6.45, 7) is 3.63. The number of nitrogens with zero attached hydrogens (tertiary/aromatic N) is 1. The number of nitrogens with one attached hydrogen (secondary N) is 1. The molecule has 4 heteroatoms. The number of rotatable bonds is 3. The van der Waals surface area contributed by atoms with Gasteiger partial charge >= 0.3 is 0 Å². The fourth-order valence-corrected chi connectivity index (χ4v) is 1.50. The van der Waals surface area contributed by atoms with Gasteiger partial charge in [-0.15, -0.1) is 0 Å². The minimum atomic E-state index is -0.617. The predicted molar refractivity (Wildman–Crippen MR) is 64.0 cm³/mol. The van der Waals surface area contributed by atoms with Gasteiger partial charge in [0.05, 0.1) is 18.9 Å². The molecule has 0 aliphatic carbocycles. The van der Waals surface area contributed by atoms with Crippen molar-refractivity contribution in [3.8, 4) is 11.8 Å². The van der Waals surface area contributed by atoms with Crippen LogP contribution in [0.3, 0.4) is 0 Å². The smallest absolute Gasteiger partial charge is 0.142 e. The first-order valence-corrected chi connectivity index (χ1v) is 5.31. The average Bonchev–Trinajstić information content (AvgIpc) is 2.18. The lowest BCUT2D eigenvalue weighted by atomic mass is 10.1. The Hall–Kier alpha value is -1.21. The summed E-state index contributed by atoms with van der Waals surface area (Å²) in [6.07, 6.45) is 0. The van der Waals surface area contributed by atoms with Gasteiger partial charge in [-0.05, 0) is 32.0 Å². The van der Waals surface area contributed by atoms with E-state index in [-0.39, 0.29) is 0 Å². The summed E-state index contributed by atoms with van der Waals surface area (Å²) in [5.41, 5.74) is 0.187. The molecule has 15 heavy (non-hydrogen) atoms. The van der Waals surface area contributed by atoms with Crippen LogP contribution in [0.2, 0.25) is 0 Å². The number of methoxy groups -OCH3 is 1. The highest BCUT2D eigenvalue weighted by molar-refractivity contribution is 9.10. The molecule has 1 rings (SSSR count). The lowest BCUT2D eigenvalue weighted by Crippen LogP contribution is -2.28. The van der Waals surface area contributed by atoms with Crippen LogP contribution in [0.4, 0.5) is 5.69 Å². The van der Waals surface area contributed by atoms with Gasteiger partial charge in [-0.25, -0.2) is 0 Å². The lowest BCUT2D eigenvalue weighted by Gasteiger charge is -2.21. The third-order valence-electron chi connectivity index (χ3n) is 1.89. The molecule has 0 bridgehead atoms. The third kappa shape index (κ3) is 3.14. The Labute approximate surface area is 98.2 Å². The summed E-state index contributed by atoms with van der Waals surface area (Å²) >= 11 is 3.38. The van der Waals surface area contributed by atoms with E-state index >= 15 is 0 Å². The maximum Gasteiger partial charge on any atom is 0.142 e. The molecule has 0 aliphatic rings. The van der Waals surface area contributed by atoms with Crippen molar-refractivity contribution in [3.05, 3.63) is 22.7 Å². The minimum absolute atomic E-state index is 0.617. The van der Waals surface area contributed by atoms with E-state index < -0.39 is 5.54 Å². The van der Waals surface area contributed by atoms with Crippen LogP contribution in [0.5, 0.6) is 5.75 Å². The maximum atomic E-state index is 8.92. The zero-order chi connectivity index (χ0) is 11.5. The molecule has 0 aromatic heterocycles. The summed E-state index contributed by atoms with van der Waals surface area (Å²) in [4.78, 5) is 0. The second-order valence-electron chi connectivity index (χ2n) is 3.71. The molecule has 3 nitrogen and oxygen atoms in total. The van der Waals surface area contributed by atoms with Crippen LogP contribution in [0.25, 0.3) is 0 Å². The Morgan fingerprint density at radius 3 is 2.67 bits per heavy atom. The summed E-state index contributed by atoms with van der Waals surface area (Å²) in [5.74, 6) is 0.724. The van der Waals surface area contributed by atoms with Crippen LogP contribution in [-0.2, 0) is 0 Å².